The standard InChI is InChI=1S/C27H29FN2O2/c1-32-26-17-21(30-14-12-29-13-15-30)7-10-25(26)27-23(18-2-5-20(28)6-3-18)9-4-19-16-22(31)8-11-24(19)27/h2-3,5-8,10-11,16-17,23,27,29,31H,4,9,12-15H2,1H3/t23-,27+/m1/s1. The van der Waals surface area contributed by atoms with Gasteiger partial charge in [0.15, 0.2) is 0 Å². The first-order chi connectivity index (χ1) is 15.6. The predicted molar refractivity (Wildman–Crippen MR) is 125 cm³/mol. The van der Waals surface area contributed by atoms with Crippen LogP contribution < -0.4 is 15.0 Å². The number of rotatable bonds is 4. The van der Waals surface area contributed by atoms with Crippen molar-refractivity contribution < 1.29 is 14.2 Å². The van der Waals surface area contributed by atoms with E-state index in [1.807, 2.05) is 24.3 Å². The van der Waals surface area contributed by atoms with Gasteiger partial charge in [-0.25, -0.2) is 4.39 Å². The van der Waals surface area contributed by atoms with Crippen molar-refractivity contribution >= 4 is 5.69 Å². The molecule has 1 saturated heterocycles. The summed E-state index contributed by atoms with van der Waals surface area (Å²) < 4.78 is 19.6. The quantitative estimate of drug-likeness (QED) is 0.621. The maximum atomic E-state index is 13.6. The van der Waals surface area contributed by atoms with Gasteiger partial charge in [0.05, 0.1) is 7.11 Å². The van der Waals surface area contributed by atoms with Gasteiger partial charge in [-0.15, -0.1) is 0 Å². The van der Waals surface area contributed by atoms with Gasteiger partial charge < -0.3 is 20.1 Å². The largest absolute Gasteiger partial charge is 0.508 e. The van der Waals surface area contributed by atoms with E-state index in [2.05, 4.69) is 28.4 Å². The van der Waals surface area contributed by atoms with Gasteiger partial charge in [0.2, 0.25) is 0 Å². The van der Waals surface area contributed by atoms with E-state index in [4.69, 9.17) is 4.74 Å². The Morgan fingerprint density at radius 2 is 1.72 bits per heavy atom. The summed E-state index contributed by atoms with van der Waals surface area (Å²) in [6.45, 7) is 3.92. The molecule has 1 aliphatic heterocycles. The van der Waals surface area contributed by atoms with Crippen LogP contribution in [0.1, 0.15) is 40.5 Å². The first-order valence-electron chi connectivity index (χ1n) is 11.3. The second kappa shape index (κ2) is 8.83. The highest BCUT2D eigenvalue weighted by Crippen LogP contribution is 2.49. The molecule has 2 atom stereocenters. The highest BCUT2D eigenvalue weighted by atomic mass is 19.1. The zero-order chi connectivity index (χ0) is 22.1. The third kappa shape index (κ3) is 3.93. The van der Waals surface area contributed by atoms with Gasteiger partial charge in [-0.2, -0.15) is 0 Å². The van der Waals surface area contributed by atoms with Crippen LogP contribution in [0.15, 0.2) is 60.7 Å². The highest BCUT2D eigenvalue weighted by molar-refractivity contribution is 5.58. The molecule has 32 heavy (non-hydrogen) atoms. The number of nitrogens with zero attached hydrogens (tertiary/aromatic N) is 1. The molecular formula is C27H29FN2O2. The topological polar surface area (TPSA) is 44.7 Å². The Labute approximate surface area is 188 Å². The van der Waals surface area contributed by atoms with E-state index in [1.165, 1.54) is 16.8 Å². The van der Waals surface area contributed by atoms with Crippen LogP contribution in [0.5, 0.6) is 11.5 Å². The van der Waals surface area contributed by atoms with Crippen molar-refractivity contribution in [3.63, 3.8) is 0 Å². The number of methoxy groups -OCH3 is 1. The number of ether oxygens (including phenoxy) is 1. The van der Waals surface area contributed by atoms with E-state index in [0.29, 0.717) is 5.75 Å². The van der Waals surface area contributed by atoms with Crippen LogP contribution in [0.25, 0.3) is 0 Å². The Hall–Kier alpha value is -3.05. The van der Waals surface area contributed by atoms with Crippen molar-refractivity contribution in [3.05, 3.63) is 88.7 Å². The second-order valence-electron chi connectivity index (χ2n) is 8.72. The van der Waals surface area contributed by atoms with Crippen LogP contribution in [0, 0.1) is 5.82 Å². The molecule has 0 spiro atoms. The van der Waals surface area contributed by atoms with Gasteiger partial charge in [-0.3, -0.25) is 0 Å². The molecule has 2 aliphatic rings. The maximum absolute atomic E-state index is 13.6. The number of phenolic OH excluding ortho intramolecular Hbond substituents is 1. The number of aryl methyl sites for hydroxylation is 1. The first-order valence-corrected chi connectivity index (χ1v) is 11.3. The molecule has 1 aliphatic carbocycles. The minimum atomic E-state index is -0.218. The number of hydrogen-bond acceptors (Lipinski definition) is 4. The number of halogens is 1. The average Bonchev–Trinajstić information content (AvgIpc) is 2.84. The Morgan fingerprint density at radius 3 is 2.47 bits per heavy atom. The van der Waals surface area contributed by atoms with Crippen molar-refractivity contribution in [2.75, 3.05) is 38.2 Å². The monoisotopic (exact) mass is 432 g/mol. The number of piperazine rings is 1. The molecule has 0 amide bonds. The van der Waals surface area contributed by atoms with Gasteiger partial charge >= 0.3 is 0 Å². The van der Waals surface area contributed by atoms with E-state index in [9.17, 15) is 9.50 Å². The highest BCUT2D eigenvalue weighted by Gasteiger charge is 2.34. The van der Waals surface area contributed by atoms with Crippen LogP contribution in [0.4, 0.5) is 10.1 Å². The van der Waals surface area contributed by atoms with Crippen LogP contribution in [-0.2, 0) is 6.42 Å². The molecule has 166 valence electrons. The van der Waals surface area contributed by atoms with Crippen molar-refractivity contribution in [1.29, 1.82) is 0 Å². The molecule has 0 aromatic heterocycles. The second-order valence-corrected chi connectivity index (χ2v) is 8.72. The van der Waals surface area contributed by atoms with Gasteiger partial charge in [-0.05, 0) is 65.8 Å². The van der Waals surface area contributed by atoms with E-state index in [1.54, 1.807) is 25.3 Å². The molecular weight excluding hydrogens is 403 g/mol. The molecule has 0 unspecified atom stereocenters. The minimum Gasteiger partial charge on any atom is -0.508 e. The van der Waals surface area contributed by atoms with E-state index >= 15 is 0 Å². The molecule has 0 saturated carbocycles. The van der Waals surface area contributed by atoms with E-state index in [0.717, 1.165) is 55.9 Å². The third-order valence-corrected chi connectivity index (χ3v) is 6.92. The average molecular weight is 433 g/mol. The molecule has 4 nitrogen and oxygen atoms in total. The molecule has 5 rings (SSSR count). The lowest BCUT2D eigenvalue weighted by molar-refractivity contribution is 0.400. The number of nitrogens with one attached hydrogen (secondary N) is 1. The Morgan fingerprint density at radius 1 is 0.969 bits per heavy atom. The number of aromatic hydroxyl groups is 1. The summed E-state index contributed by atoms with van der Waals surface area (Å²) in [5.41, 5.74) is 5.81. The molecule has 0 radical (unpaired) electrons. The molecule has 3 aromatic rings. The summed E-state index contributed by atoms with van der Waals surface area (Å²) in [4.78, 5) is 2.38. The molecule has 0 bridgehead atoms. The fourth-order valence-electron chi connectivity index (χ4n) is 5.34. The summed E-state index contributed by atoms with van der Waals surface area (Å²) >= 11 is 0. The Kier molecular flexibility index (Phi) is 5.75. The lowest BCUT2D eigenvalue weighted by atomic mass is 9.69. The third-order valence-electron chi connectivity index (χ3n) is 6.92. The SMILES string of the molecule is COc1cc(N2CCNCC2)ccc1[C@@H]1c2ccc(O)cc2CC[C@@H]1c1ccc(F)cc1. The predicted octanol–water partition coefficient (Wildman–Crippen LogP) is 4.81. The molecule has 1 heterocycles. The number of anilines is 1. The lowest BCUT2D eigenvalue weighted by Gasteiger charge is -2.36. The number of fused-ring (bicyclic) bond motifs is 1. The van der Waals surface area contributed by atoms with Crippen LogP contribution >= 0.6 is 0 Å². The zero-order valence-electron chi connectivity index (χ0n) is 18.4. The maximum Gasteiger partial charge on any atom is 0.124 e. The van der Waals surface area contributed by atoms with Gasteiger partial charge in [0, 0.05) is 49.4 Å². The summed E-state index contributed by atoms with van der Waals surface area (Å²) in [7, 11) is 1.73. The normalized spacial score (nSPS) is 20.6. The minimum absolute atomic E-state index is 0.0665. The van der Waals surface area contributed by atoms with Gasteiger partial charge in [0.25, 0.3) is 0 Å². The van der Waals surface area contributed by atoms with Crippen molar-refractivity contribution in [3.8, 4) is 11.5 Å². The van der Waals surface area contributed by atoms with Crippen LogP contribution in [-0.4, -0.2) is 38.4 Å². The number of benzene rings is 3. The van der Waals surface area contributed by atoms with Crippen molar-refractivity contribution in [2.24, 2.45) is 0 Å². The molecule has 2 N–H and O–H groups in total. The van der Waals surface area contributed by atoms with E-state index in [-0.39, 0.29) is 17.7 Å². The van der Waals surface area contributed by atoms with Crippen LogP contribution in [0.2, 0.25) is 0 Å². The molecule has 5 heteroatoms. The smallest absolute Gasteiger partial charge is 0.124 e. The van der Waals surface area contributed by atoms with Crippen molar-refractivity contribution in [1.82, 2.24) is 5.32 Å². The number of hydrogen-bond donors (Lipinski definition) is 2. The van der Waals surface area contributed by atoms with Gasteiger partial charge in [-0.1, -0.05) is 24.3 Å². The summed E-state index contributed by atoms with van der Waals surface area (Å²) in [5, 5.41) is 13.5. The first kappa shape index (κ1) is 20.8. The van der Waals surface area contributed by atoms with Crippen molar-refractivity contribution in [2.45, 2.75) is 24.7 Å². The Balaban J connectivity index is 1.60. The van der Waals surface area contributed by atoms with E-state index < -0.39 is 0 Å². The fraction of sp³-hybridized carbons (Fsp3) is 0.333. The molecule has 1 fully saturated rings. The van der Waals surface area contributed by atoms with Gasteiger partial charge in [0.1, 0.15) is 17.3 Å². The summed E-state index contributed by atoms with van der Waals surface area (Å²) in [6, 6.07) is 19.1. The van der Waals surface area contributed by atoms with Crippen LogP contribution in [0.3, 0.4) is 0 Å². The fourth-order valence-corrected chi connectivity index (χ4v) is 5.34. The Bertz CT molecular complexity index is 1090. The summed E-state index contributed by atoms with van der Waals surface area (Å²) in [6.07, 6.45) is 1.80. The number of phenols is 1. The molecule has 3 aromatic carbocycles. The summed E-state index contributed by atoms with van der Waals surface area (Å²) in [5.74, 6) is 1.22. The zero-order valence-corrected chi connectivity index (χ0v) is 18.4. The lowest BCUT2D eigenvalue weighted by Crippen LogP contribution is -2.43.